The molecule has 184 valence electrons. The third-order valence-electron chi connectivity index (χ3n) is 5.35. The summed E-state index contributed by atoms with van der Waals surface area (Å²) in [7, 11) is 1.37. The number of hydrogen-bond acceptors (Lipinski definition) is 6. The van der Waals surface area contributed by atoms with Gasteiger partial charge < -0.3 is 25.0 Å². The molecule has 0 saturated heterocycles. The Bertz CT molecular complexity index is 1120. The van der Waals surface area contributed by atoms with Gasteiger partial charge in [0.05, 0.1) is 6.04 Å². The second-order valence-corrected chi connectivity index (χ2v) is 8.63. The predicted octanol–water partition coefficient (Wildman–Crippen LogP) is 3.32. The second kappa shape index (κ2) is 12.5. The average molecular weight is 498 g/mol. The summed E-state index contributed by atoms with van der Waals surface area (Å²) in [6.07, 6.45) is -3.35. The minimum absolute atomic E-state index is 0.154. The highest BCUT2D eigenvalue weighted by atomic mass is 35.5. The van der Waals surface area contributed by atoms with Gasteiger partial charge in [0.1, 0.15) is 18.5 Å². The molecule has 3 rings (SSSR count). The van der Waals surface area contributed by atoms with Crippen molar-refractivity contribution in [2.75, 3.05) is 13.7 Å². The first-order valence-corrected chi connectivity index (χ1v) is 11.4. The van der Waals surface area contributed by atoms with Crippen LogP contribution in [0.25, 0.3) is 11.1 Å². The number of para-hydroxylation sites is 1. The molecule has 0 aromatic heterocycles. The molecule has 3 aromatic carbocycles. The molecule has 0 fully saturated rings. The van der Waals surface area contributed by atoms with E-state index < -0.39 is 30.1 Å². The Kier molecular flexibility index (Phi) is 9.39. The van der Waals surface area contributed by atoms with Gasteiger partial charge in [-0.25, -0.2) is 4.79 Å². The van der Waals surface area contributed by atoms with Gasteiger partial charge in [-0.05, 0) is 59.9 Å². The third kappa shape index (κ3) is 7.63. The number of esters is 1. The number of aliphatic hydroxyl groups is 2. The summed E-state index contributed by atoms with van der Waals surface area (Å²) in [6, 6.07) is 20.5. The lowest BCUT2D eigenvalue weighted by Crippen LogP contribution is -2.53. The summed E-state index contributed by atoms with van der Waals surface area (Å²) in [5, 5.41) is 24.5. The SMILES string of the molecule is COCC(=O)N[C@@H](Cc1ccc(-c2cc(C)cc(Cl)c2)cc1)[C@H](O)[C@@H](O)C(=O)Oc1ccccc1. The van der Waals surface area contributed by atoms with Crippen LogP contribution < -0.4 is 10.1 Å². The first-order chi connectivity index (χ1) is 16.8. The van der Waals surface area contributed by atoms with Crippen LogP contribution in [0.4, 0.5) is 0 Å². The molecule has 0 saturated carbocycles. The normalized spacial score (nSPS) is 13.5. The summed E-state index contributed by atoms with van der Waals surface area (Å²) in [4.78, 5) is 24.6. The standard InChI is InChI=1S/C27H28ClNO6/c1-17-12-20(15-21(28)13-17)19-10-8-18(9-11-19)14-23(29-24(30)16-34-2)25(31)26(32)27(33)35-22-6-4-3-5-7-22/h3-13,15,23,25-26,31-32H,14,16H2,1-2H3,(H,29,30)/t23-,25-,26+/m0/s1. The number of halogens is 1. The van der Waals surface area contributed by atoms with E-state index in [0.717, 1.165) is 22.3 Å². The van der Waals surface area contributed by atoms with Crippen molar-refractivity contribution in [3.63, 3.8) is 0 Å². The summed E-state index contributed by atoms with van der Waals surface area (Å²) in [5.74, 6) is -1.29. The van der Waals surface area contributed by atoms with E-state index in [1.54, 1.807) is 30.3 Å². The number of carbonyl (C=O) groups excluding carboxylic acids is 2. The molecule has 0 bridgehead atoms. The van der Waals surface area contributed by atoms with Crippen molar-refractivity contribution < 1.29 is 29.3 Å². The quantitative estimate of drug-likeness (QED) is 0.293. The van der Waals surface area contributed by atoms with Gasteiger partial charge in [-0.15, -0.1) is 0 Å². The Balaban J connectivity index is 1.75. The van der Waals surface area contributed by atoms with Crippen LogP contribution in [0.15, 0.2) is 72.8 Å². The number of hydrogen-bond donors (Lipinski definition) is 3. The van der Waals surface area contributed by atoms with E-state index in [1.165, 1.54) is 7.11 Å². The molecule has 7 nitrogen and oxygen atoms in total. The molecule has 3 atom stereocenters. The largest absolute Gasteiger partial charge is 0.425 e. The fraction of sp³-hybridized carbons (Fsp3) is 0.259. The maximum atomic E-state index is 12.4. The molecule has 3 N–H and O–H groups in total. The monoisotopic (exact) mass is 497 g/mol. The van der Waals surface area contributed by atoms with Gasteiger partial charge in [-0.3, -0.25) is 4.79 Å². The maximum Gasteiger partial charge on any atom is 0.343 e. The third-order valence-corrected chi connectivity index (χ3v) is 5.56. The number of methoxy groups -OCH3 is 1. The number of nitrogens with one attached hydrogen (secondary N) is 1. The molecule has 1 amide bonds. The van der Waals surface area contributed by atoms with E-state index in [4.69, 9.17) is 21.1 Å². The molecule has 0 spiro atoms. The second-order valence-electron chi connectivity index (χ2n) is 8.19. The van der Waals surface area contributed by atoms with Crippen molar-refractivity contribution in [1.82, 2.24) is 5.32 Å². The number of rotatable bonds is 10. The molecule has 0 aliphatic rings. The van der Waals surface area contributed by atoms with Gasteiger partial charge in [0.15, 0.2) is 6.10 Å². The molecule has 8 heteroatoms. The van der Waals surface area contributed by atoms with Gasteiger partial charge in [0.25, 0.3) is 0 Å². The Morgan fingerprint density at radius 3 is 2.29 bits per heavy atom. The number of ether oxygens (including phenoxy) is 2. The molecule has 0 heterocycles. The van der Waals surface area contributed by atoms with Crippen molar-refractivity contribution in [3.8, 4) is 16.9 Å². The summed E-state index contributed by atoms with van der Waals surface area (Å²) >= 11 is 6.18. The van der Waals surface area contributed by atoms with E-state index in [2.05, 4.69) is 5.32 Å². The first kappa shape index (κ1) is 26.4. The topological polar surface area (TPSA) is 105 Å². The molecule has 0 aliphatic heterocycles. The van der Waals surface area contributed by atoms with Gasteiger partial charge >= 0.3 is 5.97 Å². The Morgan fingerprint density at radius 2 is 1.66 bits per heavy atom. The van der Waals surface area contributed by atoms with E-state index in [-0.39, 0.29) is 18.8 Å². The van der Waals surface area contributed by atoms with Crippen molar-refractivity contribution >= 4 is 23.5 Å². The fourth-order valence-corrected chi connectivity index (χ4v) is 3.94. The fourth-order valence-electron chi connectivity index (χ4n) is 3.65. The van der Waals surface area contributed by atoms with Gasteiger partial charge in [0.2, 0.25) is 5.91 Å². The molecular formula is C27H28ClNO6. The van der Waals surface area contributed by atoms with Gasteiger partial charge in [-0.2, -0.15) is 0 Å². The lowest BCUT2D eigenvalue weighted by atomic mass is 9.95. The molecule has 0 unspecified atom stereocenters. The highest BCUT2D eigenvalue weighted by Gasteiger charge is 2.34. The summed E-state index contributed by atoms with van der Waals surface area (Å²) < 4.78 is 9.98. The van der Waals surface area contributed by atoms with Crippen molar-refractivity contribution in [1.29, 1.82) is 0 Å². The highest BCUT2D eigenvalue weighted by Crippen LogP contribution is 2.25. The van der Waals surface area contributed by atoms with Crippen LogP contribution in [-0.2, 0) is 20.7 Å². The zero-order valence-corrected chi connectivity index (χ0v) is 20.2. The van der Waals surface area contributed by atoms with Gasteiger partial charge in [-0.1, -0.05) is 60.1 Å². The first-order valence-electron chi connectivity index (χ1n) is 11.0. The van der Waals surface area contributed by atoms with E-state index in [0.29, 0.717) is 5.02 Å². The lowest BCUT2D eigenvalue weighted by molar-refractivity contribution is -0.152. The molecule has 3 aromatic rings. The van der Waals surface area contributed by atoms with Crippen LogP contribution in [-0.4, -0.2) is 54.1 Å². The average Bonchev–Trinajstić information content (AvgIpc) is 2.83. The van der Waals surface area contributed by atoms with Crippen LogP contribution in [0.3, 0.4) is 0 Å². The minimum Gasteiger partial charge on any atom is -0.425 e. The van der Waals surface area contributed by atoms with E-state index >= 15 is 0 Å². The smallest absolute Gasteiger partial charge is 0.343 e. The van der Waals surface area contributed by atoms with Crippen molar-refractivity contribution in [2.24, 2.45) is 0 Å². The number of carbonyl (C=O) groups is 2. The molecular weight excluding hydrogens is 470 g/mol. The van der Waals surface area contributed by atoms with Crippen LogP contribution >= 0.6 is 11.6 Å². The maximum absolute atomic E-state index is 12.4. The van der Waals surface area contributed by atoms with Gasteiger partial charge in [0, 0.05) is 12.1 Å². The number of benzene rings is 3. The Labute approximate surface area is 209 Å². The predicted molar refractivity (Wildman–Crippen MR) is 133 cm³/mol. The summed E-state index contributed by atoms with van der Waals surface area (Å²) in [6.45, 7) is 1.73. The summed E-state index contributed by atoms with van der Waals surface area (Å²) in [5.41, 5.74) is 3.73. The van der Waals surface area contributed by atoms with Crippen molar-refractivity contribution in [2.45, 2.75) is 31.6 Å². The molecule has 0 radical (unpaired) electrons. The Hall–Kier alpha value is -3.23. The van der Waals surface area contributed by atoms with Crippen LogP contribution in [0, 0.1) is 6.92 Å². The van der Waals surface area contributed by atoms with Crippen LogP contribution in [0.2, 0.25) is 5.02 Å². The van der Waals surface area contributed by atoms with E-state index in [1.807, 2.05) is 49.4 Å². The van der Waals surface area contributed by atoms with Crippen molar-refractivity contribution in [3.05, 3.63) is 88.9 Å². The molecule has 35 heavy (non-hydrogen) atoms. The Morgan fingerprint density at radius 1 is 0.971 bits per heavy atom. The zero-order chi connectivity index (χ0) is 25.4. The number of aliphatic hydroxyl groups excluding tert-OH is 2. The van der Waals surface area contributed by atoms with Crippen LogP contribution in [0.1, 0.15) is 11.1 Å². The van der Waals surface area contributed by atoms with Crippen LogP contribution in [0.5, 0.6) is 5.75 Å². The highest BCUT2D eigenvalue weighted by molar-refractivity contribution is 6.31. The molecule has 0 aliphatic carbocycles. The minimum atomic E-state index is -1.88. The zero-order valence-electron chi connectivity index (χ0n) is 19.5. The van der Waals surface area contributed by atoms with E-state index in [9.17, 15) is 19.8 Å². The number of aryl methyl sites for hydroxylation is 1. The lowest BCUT2D eigenvalue weighted by Gasteiger charge is -2.27. The number of amides is 1.